The summed E-state index contributed by atoms with van der Waals surface area (Å²) in [6, 6.07) is 2.30. The molecule has 1 aromatic heterocycles. The van der Waals surface area contributed by atoms with E-state index in [9.17, 15) is 4.79 Å². The van der Waals surface area contributed by atoms with Gasteiger partial charge in [0.25, 0.3) is 0 Å². The molecule has 3 heteroatoms. The summed E-state index contributed by atoms with van der Waals surface area (Å²) in [4.78, 5) is 11.0. The summed E-state index contributed by atoms with van der Waals surface area (Å²) in [5.41, 5.74) is 2.42. The van der Waals surface area contributed by atoms with Gasteiger partial charge in [-0.2, -0.15) is 0 Å². The van der Waals surface area contributed by atoms with Crippen LogP contribution in [0.3, 0.4) is 0 Å². The van der Waals surface area contributed by atoms with Crippen LogP contribution in [0.1, 0.15) is 47.6 Å². The van der Waals surface area contributed by atoms with Gasteiger partial charge < -0.3 is 9.67 Å². The fourth-order valence-electron chi connectivity index (χ4n) is 2.63. The van der Waals surface area contributed by atoms with Crippen LogP contribution in [0, 0.1) is 19.8 Å². The molecule has 0 spiro atoms. The first-order valence-corrected chi connectivity index (χ1v) is 5.42. The molecule has 0 unspecified atom stereocenters. The van der Waals surface area contributed by atoms with Crippen molar-refractivity contribution in [3.05, 3.63) is 23.0 Å². The zero-order valence-corrected chi connectivity index (χ0v) is 9.45. The van der Waals surface area contributed by atoms with Crippen LogP contribution in [0.25, 0.3) is 0 Å². The average Bonchev–Trinajstić information content (AvgIpc) is 2.38. The van der Waals surface area contributed by atoms with Crippen LogP contribution in [-0.4, -0.2) is 15.6 Å². The summed E-state index contributed by atoms with van der Waals surface area (Å²) in [7, 11) is 0. The molecule has 82 valence electrons. The molecule has 0 bridgehead atoms. The molecule has 2 rings (SSSR count). The quantitative estimate of drug-likeness (QED) is 0.810. The van der Waals surface area contributed by atoms with Gasteiger partial charge in [0.15, 0.2) is 0 Å². The molecular formula is C12H17NO2. The lowest BCUT2D eigenvalue weighted by molar-refractivity contribution is 0.0695. The molecule has 1 saturated carbocycles. The monoisotopic (exact) mass is 207 g/mol. The third-order valence-corrected chi connectivity index (χ3v) is 3.43. The van der Waals surface area contributed by atoms with Gasteiger partial charge in [-0.05, 0) is 38.7 Å². The number of carboxylic acid groups (broad SMARTS) is 1. The van der Waals surface area contributed by atoms with Gasteiger partial charge in [0, 0.05) is 17.4 Å². The topological polar surface area (TPSA) is 42.2 Å². The van der Waals surface area contributed by atoms with E-state index >= 15 is 0 Å². The summed E-state index contributed by atoms with van der Waals surface area (Å²) in [5, 5.41) is 9.01. The van der Waals surface area contributed by atoms with E-state index in [1.165, 1.54) is 12.8 Å². The van der Waals surface area contributed by atoms with Crippen molar-refractivity contribution >= 4 is 5.97 Å². The molecule has 0 saturated heterocycles. The molecule has 1 aromatic rings. The second-order valence-corrected chi connectivity index (χ2v) is 4.69. The van der Waals surface area contributed by atoms with Gasteiger partial charge in [0.05, 0.1) is 5.56 Å². The van der Waals surface area contributed by atoms with Gasteiger partial charge in [-0.25, -0.2) is 4.79 Å². The second-order valence-electron chi connectivity index (χ2n) is 4.69. The maximum absolute atomic E-state index is 11.0. The number of hydrogen-bond acceptors (Lipinski definition) is 1. The number of hydrogen-bond donors (Lipinski definition) is 1. The van der Waals surface area contributed by atoms with Crippen molar-refractivity contribution in [1.82, 2.24) is 4.57 Å². The summed E-state index contributed by atoms with van der Waals surface area (Å²) in [5.74, 6) is -0.0359. The van der Waals surface area contributed by atoms with Gasteiger partial charge in [0.2, 0.25) is 0 Å². The lowest BCUT2D eigenvalue weighted by Gasteiger charge is -2.36. The number of carbonyl (C=O) groups is 1. The van der Waals surface area contributed by atoms with E-state index in [0.29, 0.717) is 11.6 Å². The third kappa shape index (κ3) is 1.56. The van der Waals surface area contributed by atoms with Crippen molar-refractivity contribution in [3.63, 3.8) is 0 Å². The molecule has 1 heterocycles. The zero-order chi connectivity index (χ0) is 11.2. The van der Waals surface area contributed by atoms with Crippen molar-refractivity contribution in [2.45, 2.75) is 39.7 Å². The molecule has 0 aromatic carbocycles. The Balaban J connectivity index is 2.35. The first-order valence-electron chi connectivity index (χ1n) is 5.42. The SMILES string of the molecule is Cc1cc(C(=O)O)c(C)n1C1CC(C)C1. The highest BCUT2D eigenvalue weighted by Crippen LogP contribution is 2.39. The minimum absolute atomic E-state index is 0.451. The molecule has 15 heavy (non-hydrogen) atoms. The first kappa shape index (κ1) is 10.3. The molecule has 1 aliphatic carbocycles. The normalized spacial score (nSPS) is 25.0. The predicted molar refractivity (Wildman–Crippen MR) is 58.3 cm³/mol. The Morgan fingerprint density at radius 2 is 2.07 bits per heavy atom. The van der Waals surface area contributed by atoms with Crippen molar-refractivity contribution in [3.8, 4) is 0 Å². The minimum atomic E-state index is -0.818. The number of aryl methyl sites for hydroxylation is 1. The Labute approximate surface area is 89.7 Å². The Hall–Kier alpha value is -1.25. The van der Waals surface area contributed by atoms with Crippen LogP contribution in [0.2, 0.25) is 0 Å². The van der Waals surface area contributed by atoms with Crippen LogP contribution in [0.15, 0.2) is 6.07 Å². The van der Waals surface area contributed by atoms with Gasteiger partial charge in [-0.3, -0.25) is 0 Å². The summed E-state index contributed by atoms with van der Waals surface area (Å²) in [6.45, 7) is 6.13. The van der Waals surface area contributed by atoms with E-state index in [-0.39, 0.29) is 0 Å². The molecule has 1 N–H and O–H groups in total. The van der Waals surface area contributed by atoms with E-state index in [1.807, 2.05) is 13.8 Å². The van der Waals surface area contributed by atoms with Crippen LogP contribution in [0.5, 0.6) is 0 Å². The number of nitrogens with zero attached hydrogens (tertiary/aromatic N) is 1. The van der Waals surface area contributed by atoms with E-state index in [4.69, 9.17) is 5.11 Å². The van der Waals surface area contributed by atoms with Gasteiger partial charge >= 0.3 is 5.97 Å². The highest BCUT2D eigenvalue weighted by Gasteiger charge is 2.29. The highest BCUT2D eigenvalue weighted by molar-refractivity contribution is 5.89. The van der Waals surface area contributed by atoms with Crippen LogP contribution < -0.4 is 0 Å². The van der Waals surface area contributed by atoms with E-state index in [1.54, 1.807) is 6.07 Å². The Morgan fingerprint density at radius 3 is 2.47 bits per heavy atom. The number of carboxylic acids is 1. The smallest absolute Gasteiger partial charge is 0.337 e. The van der Waals surface area contributed by atoms with E-state index in [2.05, 4.69) is 11.5 Å². The largest absolute Gasteiger partial charge is 0.478 e. The van der Waals surface area contributed by atoms with Gasteiger partial charge in [-0.1, -0.05) is 6.92 Å². The molecule has 0 aliphatic heterocycles. The maximum Gasteiger partial charge on any atom is 0.337 e. The zero-order valence-electron chi connectivity index (χ0n) is 9.45. The molecular weight excluding hydrogens is 190 g/mol. The highest BCUT2D eigenvalue weighted by atomic mass is 16.4. The lowest BCUT2D eigenvalue weighted by atomic mass is 9.81. The number of aromatic nitrogens is 1. The van der Waals surface area contributed by atoms with Crippen LogP contribution in [0.4, 0.5) is 0 Å². The fourth-order valence-corrected chi connectivity index (χ4v) is 2.63. The molecule has 3 nitrogen and oxygen atoms in total. The van der Waals surface area contributed by atoms with E-state index < -0.39 is 5.97 Å². The molecule has 1 fully saturated rings. The number of rotatable bonds is 2. The summed E-state index contributed by atoms with van der Waals surface area (Å²) < 4.78 is 2.18. The molecule has 0 atom stereocenters. The fraction of sp³-hybridized carbons (Fsp3) is 0.583. The molecule has 0 radical (unpaired) electrons. The Bertz CT molecular complexity index is 400. The van der Waals surface area contributed by atoms with Crippen molar-refractivity contribution < 1.29 is 9.90 Å². The summed E-state index contributed by atoms with van der Waals surface area (Å²) >= 11 is 0. The minimum Gasteiger partial charge on any atom is -0.478 e. The second kappa shape index (κ2) is 3.40. The Morgan fingerprint density at radius 1 is 1.47 bits per heavy atom. The number of aromatic carboxylic acids is 1. The maximum atomic E-state index is 11.0. The standard InChI is InChI=1S/C12H17NO2/c1-7-4-10(5-7)13-8(2)6-11(9(13)3)12(14)15/h6-7,10H,4-5H2,1-3H3,(H,14,15). The predicted octanol–water partition coefficient (Wildman–Crippen LogP) is 2.77. The third-order valence-electron chi connectivity index (χ3n) is 3.43. The molecule has 1 aliphatic rings. The van der Waals surface area contributed by atoms with Crippen molar-refractivity contribution in [2.75, 3.05) is 0 Å². The first-order chi connectivity index (χ1) is 7.00. The molecule has 0 amide bonds. The van der Waals surface area contributed by atoms with Gasteiger partial charge in [0.1, 0.15) is 0 Å². The van der Waals surface area contributed by atoms with E-state index in [0.717, 1.165) is 17.3 Å². The van der Waals surface area contributed by atoms with Crippen molar-refractivity contribution in [2.24, 2.45) is 5.92 Å². The van der Waals surface area contributed by atoms with Crippen LogP contribution >= 0.6 is 0 Å². The van der Waals surface area contributed by atoms with Crippen molar-refractivity contribution in [1.29, 1.82) is 0 Å². The van der Waals surface area contributed by atoms with Crippen LogP contribution in [-0.2, 0) is 0 Å². The lowest BCUT2D eigenvalue weighted by Crippen LogP contribution is -2.26. The Kier molecular flexibility index (Phi) is 2.33. The van der Waals surface area contributed by atoms with Gasteiger partial charge in [-0.15, -0.1) is 0 Å². The summed E-state index contributed by atoms with van der Waals surface area (Å²) in [6.07, 6.45) is 2.35. The average molecular weight is 207 g/mol.